The van der Waals surface area contributed by atoms with Crippen LogP contribution < -0.4 is 10.6 Å². The predicted molar refractivity (Wildman–Crippen MR) is 137 cm³/mol. The second kappa shape index (κ2) is 22.8. The van der Waals surface area contributed by atoms with Crippen LogP contribution in [0.25, 0.3) is 0 Å². The van der Waals surface area contributed by atoms with Crippen molar-refractivity contribution in [2.45, 2.75) is 39.3 Å². The van der Waals surface area contributed by atoms with Gasteiger partial charge in [-0.1, -0.05) is 0 Å². The van der Waals surface area contributed by atoms with Gasteiger partial charge in [0, 0.05) is 26.4 Å². The minimum atomic E-state index is -3.66. The van der Waals surface area contributed by atoms with E-state index in [-0.39, 0.29) is 31.4 Å². The Hall–Kier alpha value is -1.15. The van der Waals surface area contributed by atoms with E-state index in [1.807, 2.05) is 0 Å². The lowest BCUT2D eigenvalue weighted by Gasteiger charge is -2.24. The number of ether oxygens (including phenoxy) is 6. The molecule has 0 bridgehead atoms. The van der Waals surface area contributed by atoms with Crippen molar-refractivity contribution in [1.82, 2.24) is 10.6 Å². The predicted octanol–water partition coefficient (Wildman–Crippen LogP) is 0.729. The Bertz CT molecular complexity index is 632. The summed E-state index contributed by atoms with van der Waals surface area (Å²) in [6, 6.07) is 0. The molecule has 13 nitrogen and oxygen atoms in total. The van der Waals surface area contributed by atoms with Crippen molar-refractivity contribution in [3.8, 4) is 0 Å². The highest BCUT2D eigenvalue weighted by Crippen LogP contribution is 2.54. The second-order valence-electron chi connectivity index (χ2n) is 8.78. The van der Waals surface area contributed by atoms with Crippen LogP contribution in [0, 0.1) is 0 Å². The first-order valence-electron chi connectivity index (χ1n) is 12.5. The maximum Gasteiger partial charge on any atom is 0.333 e. The van der Waals surface area contributed by atoms with E-state index in [0.717, 1.165) is 0 Å². The van der Waals surface area contributed by atoms with Gasteiger partial charge in [0.2, 0.25) is 11.8 Å². The first kappa shape index (κ1) is 35.9. The third-order valence-electron chi connectivity index (χ3n) is 4.49. The van der Waals surface area contributed by atoms with Gasteiger partial charge in [0.15, 0.2) is 0 Å². The molecule has 1 unspecified atom stereocenters. The second-order valence-corrected chi connectivity index (χ2v) is 11.4. The van der Waals surface area contributed by atoms with Crippen LogP contribution in [0.1, 0.15) is 34.1 Å². The number of nitrogens with one attached hydrogen (secondary N) is 2. The summed E-state index contributed by atoms with van der Waals surface area (Å²) >= 11 is 0. The summed E-state index contributed by atoms with van der Waals surface area (Å²) in [5.41, 5.74) is 0. The molecule has 0 aromatic heterocycles. The molecule has 3 N–H and O–H groups in total. The molecule has 0 aromatic carbocycles. The molecule has 0 fully saturated rings. The van der Waals surface area contributed by atoms with Gasteiger partial charge in [-0.2, -0.15) is 0 Å². The number of carbonyl (C=O) groups excluding carboxylic acids is 2. The molecule has 0 heterocycles. The molecule has 0 rings (SSSR count). The highest BCUT2D eigenvalue weighted by Gasteiger charge is 2.35. The average molecular weight is 559 g/mol. The number of hydrogen-bond acceptors (Lipinski definition) is 10. The highest BCUT2D eigenvalue weighted by molar-refractivity contribution is 7.54. The molecular weight excluding hydrogens is 511 g/mol. The lowest BCUT2D eigenvalue weighted by Crippen LogP contribution is -2.28. The van der Waals surface area contributed by atoms with Crippen molar-refractivity contribution >= 4 is 19.4 Å². The van der Waals surface area contributed by atoms with Gasteiger partial charge in [-0.05, 0) is 20.8 Å². The number of carbonyl (C=O) groups is 2. The molecular formula is C23H47N2O11P. The van der Waals surface area contributed by atoms with E-state index in [1.165, 1.54) is 6.92 Å². The molecule has 0 aromatic rings. The maximum atomic E-state index is 11.9. The van der Waals surface area contributed by atoms with Crippen molar-refractivity contribution in [3.05, 3.63) is 0 Å². The molecule has 2 amide bonds. The topological polar surface area (TPSA) is 160 Å². The van der Waals surface area contributed by atoms with Crippen molar-refractivity contribution in [3.63, 3.8) is 0 Å². The molecule has 220 valence electrons. The van der Waals surface area contributed by atoms with Crippen molar-refractivity contribution in [1.29, 1.82) is 0 Å². The van der Waals surface area contributed by atoms with E-state index in [9.17, 15) is 19.0 Å². The minimum Gasteiger partial charge on any atom is -0.379 e. The monoisotopic (exact) mass is 558 g/mol. The third kappa shape index (κ3) is 23.7. The molecule has 0 saturated heterocycles. The van der Waals surface area contributed by atoms with E-state index in [0.29, 0.717) is 85.8 Å². The standard InChI is InChI=1S/C23H47N2O11P/c1-21(26)24-6-9-31-12-15-33-14-11-30-8-5-22(27)25-7-10-32-13-16-34-17-18-35-19-20-36-37(28,29)23(2,3)4/h5-20H2,1-4H3,(H,24,26)(H,25,27)(H,28,29). The fourth-order valence-electron chi connectivity index (χ4n) is 2.31. The molecule has 0 aliphatic carbocycles. The Morgan fingerprint density at radius 3 is 1.46 bits per heavy atom. The zero-order valence-corrected chi connectivity index (χ0v) is 23.7. The van der Waals surface area contributed by atoms with Gasteiger partial charge in [0.25, 0.3) is 0 Å². The van der Waals surface area contributed by atoms with Gasteiger partial charge < -0.3 is 48.5 Å². The lowest BCUT2D eigenvalue weighted by atomic mass is 10.3. The Kier molecular flexibility index (Phi) is 22.1. The smallest absolute Gasteiger partial charge is 0.333 e. The van der Waals surface area contributed by atoms with E-state index in [4.69, 9.17) is 32.9 Å². The van der Waals surface area contributed by atoms with Gasteiger partial charge in [0.1, 0.15) is 0 Å². The number of amides is 2. The fraction of sp³-hybridized carbons (Fsp3) is 0.913. The first-order chi connectivity index (χ1) is 17.6. The molecule has 0 aliphatic rings. The Morgan fingerprint density at radius 1 is 0.649 bits per heavy atom. The van der Waals surface area contributed by atoms with Crippen LogP contribution in [-0.4, -0.2) is 121 Å². The summed E-state index contributed by atoms with van der Waals surface area (Å²) in [5, 5.41) is 4.56. The first-order valence-corrected chi connectivity index (χ1v) is 14.1. The van der Waals surface area contributed by atoms with E-state index in [2.05, 4.69) is 10.6 Å². The van der Waals surface area contributed by atoms with Crippen LogP contribution in [0.15, 0.2) is 0 Å². The van der Waals surface area contributed by atoms with E-state index >= 15 is 0 Å². The SMILES string of the molecule is CC(=O)NCCOCCOCCOCCC(=O)NCCOCCOCCOCCOP(=O)(O)C(C)(C)C. The quantitative estimate of drug-likeness (QED) is 0.107. The van der Waals surface area contributed by atoms with Gasteiger partial charge in [-0.15, -0.1) is 0 Å². The summed E-state index contributed by atoms with van der Waals surface area (Å²) in [6.45, 7) is 11.8. The number of rotatable bonds is 25. The summed E-state index contributed by atoms with van der Waals surface area (Å²) < 4.78 is 48.9. The van der Waals surface area contributed by atoms with Crippen molar-refractivity contribution < 1.29 is 52.0 Å². The summed E-state index contributed by atoms with van der Waals surface area (Å²) in [7, 11) is -3.66. The van der Waals surface area contributed by atoms with Gasteiger partial charge >= 0.3 is 7.60 Å². The molecule has 0 saturated carbocycles. The van der Waals surface area contributed by atoms with Gasteiger partial charge in [0.05, 0.1) is 91.0 Å². The zero-order valence-electron chi connectivity index (χ0n) is 22.8. The van der Waals surface area contributed by atoms with Crippen LogP contribution in [0.5, 0.6) is 0 Å². The Labute approximate surface area is 220 Å². The van der Waals surface area contributed by atoms with Crippen LogP contribution in [0.4, 0.5) is 0 Å². The normalized spacial score (nSPS) is 13.3. The molecule has 1 atom stereocenters. The Morgan fingerprint density at radius 2 is 1.03 bits per heavy atom. The van der Waals surface area contributed by atoms with Crippen LogP contribution in [-0.2, 0) is 47.1 Å². The molecule has 0 aliphatic heterocycles. The largest absolute Gasteiger partial charge is 0.379 e. The molecule has 37 heavy (non-hydrogen) atoms. The number of hydrogen-bond donors (Lipinski definition) is 3. The van der Waals surface area contributed by atoms with E-state index < -0.39 is 12.8 Å². The van der Waals surface area contributed by atoms with Gasteiger partial charge in [-0.3, -0.25) is 14.2 Å². The zero-order chi connectivity index (χ0) is 27.8. The van der Waals surface area contributed by atoms with E-state index in [1.54, 1.807) is 20.8 Å². The molecule has 0 spiro atoms. The van der Waals surface area contributed by atoms with Gasteiger partial charge in [-0.25, -0.2) is 0 Å². The van der Waals surface area contributed by atoms with Crippen LogP contribution in [0.2, 0.25) is 0 Å². The minimum absolute atomic E-state index is 0.0418. The molecule has 14 heteroatoms. The summed E-state index contributed by atoms with van der Waals surface area (Å²) in [6.07, 6.45) is 0.256. The maximum absolute atomic E-state index is 11.9. The average Bonchev–Trinajstić information content (AvgIpc) is 2.81. The Balaban J connectivity index is 3.29. The summed E-state index contributed by atoms with van der Waals surface area (Å²) in [4.78, 5) is 32.2. The highest BCUT2D eigenvalue weighted by atomic mass is 31.2. The summed E-state index contributed by atoms with van der Waals surface area (Å²) in [5.74, 6) is -0.199. The van der Waals surface area contributed by atoms with Crippen LogP contribution >= 0.6 is 7.60 Å². The van der Waals surface area contributed by atoms with Crippen LogP contribution in [0.3, 0.4) is 0 Å². The van der Waals surface area contributed by atoms with Crippen molar-refractivity contribution in [2.24, 2.45) is 0 Å². The lowest BCUT2D eigenvalue weighted by molar-refractivity contribution is -0.122. The fourth-order valence-corrected chi connectivity index (χ4v) is 3.02. The molecule has 0 radical (unpaired) electrons. The third-order valence-corrected chi connectivity index (χ3v) is 6.72. The van der Waals surface area contributed by atoms with Crippen molar-refractivity contribution in [2.75, 3.05) is 99.0 Å².